The van der Waals surface area contributed by atoms with E-state index in [1.807, 2.05) is 0 Å². The monoisotopic (exact) mass is 294 g/mol. The van der Waals surface area contributed by atoms with Crippen LogP contribution in [0.25, 0.3) is 0 Å². The molecule has 0 bridgehead atoms. The minimum absolute atomic E-state index is 0.0556. The van der Waals surface area contributed by atoms with Crippen molar-refractivity contribution in [3.8, 4) is 0 Å². The van der Waals surface area contributed by atoms with E-state index in [4.69, 9.17) is 16.3 Å². The lowest BCUT2D eigenvalue weighted by Gasteiger charge is -2.04. The van der Waals surface area contributed by atoms with Gasteiger partial charge in [-0.3, -0.25) is 4.79 Å². The number of hydrogen-bond donors (Lipinski definition) is 0. The van der Waals surface area contributed by atoms with E-state index in [0.29, 0.717) is 16.5 Å². The maximum atomic E-state index is 11.8. The van der Waals surface area contributed by atoms with Crippen molar-refractivity contribution in [2.45, 2.75) is 18.9 Å². The first kappa shape index (κ1) is 10.6. The van der Waals surface area contributed by atoms with Crippen LogP contribution in [0.15, 0.2) is 9.85 Å². The van der Waals surface area contributed by atoms with E-state index in [9.17, 15) is 4.79 Å². The first-order chi connectivity index (χ1) is 6.68. The molecular formula is C9H8BrClO2S. The molecule has 0 spiro atoms. The highest BCUT2D eigenvalue weighted by Crippen LogP contribution is 2.33. The van der Waals surface area contributed by atoms with Crippen molar-refractivity contribution in [2.24, 2.45) is 0 Å². The number of carbonyl (C=O) groups is 1. The second-order valence-electron chi connectivity index (χ2n) is 3.10. The smallest absolute Gasteiger partial charge is 0.201 e. The quantitative estimate of drug-likeness (QED) is 0.780. The van der Waals surface area contributed by atoms with Gasteiger partial charge in [0, 0.05) is 6.61 Å². The van der Waals surface area contributed by atoms with E-state index in [1.165, 1.54) is 11.3 Å². The molecule has 1 aromatic heterocycles. The Morgan fingerprint density at radius 3 is 3.00 bits per heavy atom. The predicted octanol–water partition coefficient (Wildman–Crippen LogP) is 3.53. The Morgan fingerprint density at radius 2 is 2.50 bits per heavy atom. The van der Waals surface area contributed by atoms with E-state index in [1.54, 1.807) is 6.07 Å². The van der Waals surface area contributed by atoms with Gasteiger partial charge in [-0.1, -0.05) is 11.6 Å². The van der Waals surface area contributed by atoms with Crippen molar-refractivity contribution in [3.05, 3.63) is 19.8 Å². The lowest BCUT2D eigenvalue weighted by molar-refractivity contribution is 0.0647. The van der Waals surface area contributed by atoms with E-state index < -0.39 is 0 Å². The van der Waals surface area contributed by atoms with Gasteiger partial charge in [0.2, 0.25) is 5.78 Å². The molecule has 2 nitrogen and oxygen atoms in total. The minimum atomic E-state index is -0.253. The Balaban J connectivity index is 2.18. The molecule has 1 unspecified atom stereocenters. The number of rotatable bonds is 2. The molecule has 0 N–H and O–H groups in total. The van der Waals surface area contributed by atoms with E-state index >= 15 is 0 Å². The molecule has 2 heterocycles. The van der Waals surface area contributed by atoms with Gasteiger partial charge in [0.15, 0.2) is 0 Å². The summed E-state index contributed by atoms with van der Waals surface area (Å²) >= 11 is 10.5. The molecule has 0 saturated carbocycles. The van der Waals surface area contributed by atoms with Gasteiger partial charge in [0.05, 0.1) is 13.7 Å². The predicted molar refractivity (Wildman–Crippen MR) is 60.3 cm³/mol. The average Bonchev–Trinajstić information content (AvgIpc) is 2.76. The number of carbonyl (C=O) groups excluding carboxylic acids is 1. The number of ketones is 1. The van der Waals surface area contributed by atoms with E-state index in [-0.39, 0.29) is 11.9 Å². The number of thiophene rings is 1. The van der Waals surface area contributed by atoms with E-state index in [0.717, 1.165) is 16.6 Å². The van der Waals surface area contributed by atoms with Crippen molar-refractivity contribution in [3.63, 3.8) is 0 Å². The fourth-order valence-corrected chi connectivity index (χ4v) is 3.10. The summed E-state index contributed by atoms with van der Waals surface area (Å²) < 4.78 is 6.12. The molecule has 1 atom stereocenters. The van der Waals surface area contributed by atoms with Gasteiger partial charge in [-0.2, -0.15) is 0 Å². The zero-order valence-electron chi connectivity index (χ0n) is 7.26. The molecule has 0 aliphatic carbocycles. The first-order valence-electron chi connectivity index (χ1n) is 4.29. The number of ether oxygens (including phenoxy) is 1. The van der Waals surface area contributed by atoms with Gasteiger partial charge in [-0.25, -0.2) is 0 Å². The third-order valence-electron chi connectivity index (χ3n) is 2.11. The summed E-state index contributed by atoms with van der Waals surface area (Å²) in [5, 5.41) is 0.594. The van der Waals surface area contributed by atoms with Crippen LogP contribution in [0.3, 0.4) is 0 Å². The van der Waals surface area contributed by atoms with Crippen molar-refractivity contribution >= 4 is 44.7 Å². The van der Waals surface area contributed by atoms with Crippen LogP contribution < -0.4 is 0 Å². The van der Waals surface area contributed by atoms with Crippen molar-refractivity contribution in [2.75, 3.05) is 6.61 Å². The second kappa shape index (κ2) is 4.31. The molecule has 1 aliphatic rings. The topological polar surface area (TPSA) is 26.3 Å². The summed E-state index contributed by atoms with van der Waals surface area (Å²) in [4.78, 5) is 12.5. The molecule has 2 rings (SSSR count). The molecule has 1 fully saturated rings. The molecular weight excluding hydrogens is 288 g/mol. The van der Waals surface area contributed by atoms with Crippen LogP contribution in [0.1, 0.15) is 22.5 Å². The summed E-state index contributed by atoms with van der Waals surface area (Å²) in [6.45, 7) is 0.691. The second-order valence-corrected chi connectivity index (χ2v) is 5.88. The van der Waals surface area contributed by atoms with Crippen molar-refractivity contribution in [1.29, 1.82) is 0 Å². The third kappa shape index (κ3) is 2.03. The van der Waals surface area contributed by atoms with Gasteiger partial charge in [0.1, 0.15) is 6.10 Å². The fourth-order valence-electron chi connectivity index (χ4n) is 1.41. The van der Waals surface area contributed by atoms with Crippen LogP contribution >= 0.6 is 38.9 Å². The highest BCUT2D eigenvalue weighted by Gasteiger charge is 2.26. The molecule has 5 heteroatoms. The van der Waals surface area contributed by atoms with Crippen molar-refractivity contribution in [1.82, 2.24) is 0 Å². The van der Waals surface area contributed by atoms with Crippen molar-refractivity contribution < 1.29 is 9.53 Å². The molecule has 0 radical (unpaired) electrons. The normalized spacial score (nSPS) is 21.4. The molecule has 0 amide bonds. The molecule has 14 heavy (non-hydrogen) atoms. The summed E-state index contributed by atoms with van der Waals surface area (Å²) in [6.07, 6.45) is 1.54. The molecule has 1 aliphatic heterocycles. The van der Waals surface area contributed by atoms with Gasteiger partial charge in [-0.05, 0) is 34.8 Å². The number of Topliss-reactive ketones (excluding diaryl/α,β-unsaturated/α-hetero) is 1. The molecule has 76 valence electrons. The Morgan fingerprint density at radius 1 is 1.71 bits per heavy atom. The third-order valence-corrected chi connectivity index (χ3v) is 4.60. The Kier molecular flexibility index (Phi) is 3.27. The zero-order valence-corrected chi connectivity index (χ0v) is 10.4. The standard InChI is InChI=1S/C9H8BrClO2S/c10-9-5(11)4-7(14-9)8(12)6-2-1-3-13-6/h4,6H,1-3H2. The lowest BCUT2D eigenvalue weighted by atomic mass is 10.1. The van der Waals surface area contributed by atoms with Crippen LogP contribution in [0.2, 0.25) is 5.02 Å². The van der Waals surface area contributed by atoms with Crippen LogP contribution in [0.5, 0.6) is 0 Å². The first-order valence-corrected chi connectivity index (χ1v) is 6.28. The minimum Gasteiger partial charge on any atom is -0.370 e. The molecule has 1 aromatic rings. The largest absolute Gasteiger partial charge is 0.370 e. The summed E-state index contributed by atoms with van der Waals surface area (Å²) in [5.74, 6) is 0.0556. The zero-order chi connectivity index (χ0) is 10.1. The maximum absolute atomic E-state index is 11.8. The number of hydrogen-bond acceptors (Lipinski definition) is 3. The Bertz CT molecular complexity index is 338. The number of halogens is 2. The van der Waals surface area contributed by atoms with Gasteiger partial charge >= 0.3 is 0 Å². The van der Waals surface area contributed by atoms with Crippen LogP contribution in [0, 0.1) is 0 Å². The van der Waals surface area contributed by atoms with E-state index in [2.05, 4.69) is 15.9 Å². The average molecular weight is 296 g/mol. The van der Waals surface area contributed by atoms with Crippen LogP contribution in [0.4, 0.5) is 0 Å². The highest BCUT2D eigenvalue weighted by atomic mass is 79.9. The SMILES string of the molecule is O=C(c1cc(Cl)c(Br)s1)C1CCCO1. The molecule has 0 aromatic carbocycles. The van der Waals surface area contributed by atoms with Crippen LogP contribution in [-0.2, 0) is 4.74 Å². The summed E-state index contributed by atoms with van der Waals surface area (Å²) in [5.41, 5.74) is 0. The summed E-state index contributed by atoms with van der Waals surface area (Å²) in [7, 11) is 0. The Labute approximate surface area is 99.3 Å². The maximum Gasteiger partial charge on any atom is 0.201 e. The highest BCUT2D eigenvalue weighted by molar-refractivity contribution is 9.11. The van der Waals surface area contributed by atoms with Gasteiger partial charge < -0.3 is 4.74 Å². The van der Waals surface area contributed by atoms with Crippen LogP contribution in [-0.4, -0.2) is 18.5 Å². The Hall–Kier alpha value is 0.1000. The van der Waals surface area contributed by atoms with Gasteiger partial charge in [-0.15, -0.1) is 11.3 Å². The molecule has 1 saturated heterocycles. The lowest BCUT2D eigenvalue weighted by Crippen LogP contribution is -2.18. The van der Waals surface area contributed by atoms with Gasteiger partial charge in [0.25, 0.3) is 0 Å². The summed E-state index contributed by atoms with van der Waals surface area (Å²) in [6, 6.07) is 1.69. The fraction of sp³-hybridized carbons (Fsp3) is 0.444.